The van der Waals surface area contributed by atoms with Gasteiger partial charge in [0.15, 0.2) is 11.5 Å². The Balaban J connectivity index is 3.07. The van der Waals surface area contributed by atoms with Gasteiger partial charge in [-0.15, -0.1) is 0 Å². The zero-order valence-electron chi connectivity index (χ0n) is 15.7. The quantitative estimate of drug-likeness (QED) is 0.590. The Morgan fingerprint density at radius 1 is 1.24 bits per heavy atom. The highest BCUT2D eigenvalue weighted by atomic mass is 32.2. The van der Waals surface area contributed by atoms with E-state index in [2.05, 4.69) is 6.92 Å². The topological polar surface area (TPSA) is 72.9 Å². The molecular formula is C18H29NO5S. The van der Waals surface area contributed by atoms with Gasteiger partial charge in [-0.2, -0.15) is 8.42 Å². The molecule has 0 aliphatic rings. The first-order valence-corrected chi connectivity index (χ1v) is 10.4. The van der Waals surface area contributed by atoms with Gasteiger partial charge in [0.2, 0.25) is 5.91 Å². The molecule has 25 heavy (non-hydrogen) atoms. The highest BCUT2D eigenvalue weighted by Gasteiger charge is 2.20. The normalized spacial score (nSPS) is 12.5. The predicted octanol–water partition coefficient (Wildman–Crippen LogP) is 3.35. The van der Waals surface area contributed by atoms with E-state index in [1.165, 1.54) is 7.11 Å². The van der Waals surface area contributed by atoms with Crippen molar-refractivity contribution in [1.82, 2.24) is 4.90 Å². The van der Waals surface area contributed by atoms with Crippen LogP contribution in [0.5, 0.6) is 11.5 Å². The summed E-state index contributed by atoms with van der Waals surface area (Å²) >= 11 is 0. The number of benzene rings is 1. The number of amides is 1. The van der Waals surface area contributed by atoms with Crippen molar-refractivity contribution in [2.45, 2.75) is 59.0 Å². The second-order valence-corrected chi connectivity index (χ2v) is 7.73. The largest absolute Gasteiger partial charge is 0.493 e. The lowest BCUT2D eigenvalue weighted by molar-refractivity contribution is -0.134. The first kappa shape index (κ1) is 21.3. The van der Waals surface area contributed by atoms with E-state index in [9.17, 15) is 13.2 Å². The maximum Gasteiger partial charge on any atom is 0.306 e. The van der Waals surface area contributed by atoms with Crippen LogP contribution in [0.25, 0.3) is 0 Å². The summed E-state index contributed by atoms with van der Waals surface area (Å²) in [5.41, 5.74) is 0.796. The maximum atomic E-state index is 12.5. The van der Waals surface area contributed by atoms with E-state index >= 15 is 0 Å². The Labute approximate surface area is 151 Å². The average Bonchev–Trinajstić information content (AvgIpc) is 2.55. The SMILES string of the molecule is CCCCC(=O)N(Cc1ccc(OC)c(OS(C)(=O)=O)c1)C(C)CC. The third-order valence-electron chi connectivity index (χ3n) is 4.01. The molecule has 0 fully saturated rings. The van der Waals surface area contributed by atoms with E-state index in [-0.39, 0.29) is 17.7 Å². The van der Waals surface area contributed by atoms with Gasteiger partial charge in [-0.05, 0) is 37.5 Å². The van der Waals surface area contributed by atoms with Gasteiger partial charge in [-0.1, -0.05) is 26.3 Å². The fourth-order valence-electron chi connectivity index (χ4n) is 2.43. The summed E-state index contributed by atoms with van der Waals surface area (Å²) in [5, 5.41) is 0. The van der Waals surface area contributed by atoms with E-state index in [1.54, 1.807) is 12.1 Å². The third kappa shape index (κ3) is 6.94. The van der Waals surface area contributed by atoms with Crippen molar-refractivity contribution in [3.05, 3.63) is 23.8 Å². The summed E-state index contributed by atoms with van der Waals surface area (Å²) in [6.07, 6.45) is 4.18. The van der Waals surface area contributed by atoms with Gasteiger partial charge >= 0.3 is 10.1 Å². The molecule has 0 radical (unpaired) electrons. The van der Waals surface area contributed by atoms with Crippen LogP contribution in [0.4, 0.5) is 0 Å². The zero-order valence-corrected chi connectivity index (χ0v) is 16.6. The number of hydrogen-bond donors (Lipinski definition) is 0. The molecule has 0 spiro atoms. The van der Waals surface area contributed by atoms with Gasteiger partial charge in [0.1, 0.15) is 0 Å². The molecule has 0 heterocycles. The van der Waals surface area contributed by atoms with Crippen LogP contribution < -0.4 is 8.92 Å². The van der Waals surface area contributed by atoms with Crippen LogP contribution in [0.2, 0.25) is 0 Å². The number of carbonyl (C=O) groups excluding carboxylic acids is 1. The van der Waals surface area contributed by atoms with Crippen LogP contribution in [0.3, 0.4) is 0 Å². The molecule has 0 aliphatic heterocycles. The minimum Gasteiger partial charge on any atom is -0.493 e. The molecule has 1 amide bonds. The molecule has 1 unspecified atom stereocenters. The number of carbonyl (C=O) groups is 1. The van der Waals surface area contributed by atoms with Gasteiger partial charge in [0.05, 0.1) is 13.4 Å². The standard InChI is InChI=1S/C18H29NO5S/c1-6-8-9-18(20)19(14(3)7-2)13-15-10-11-16(23-4)17(12-15)24-25(5,21)22/h10-12,14H,6-9,13H2,1-5H3. The van der Waals surface area contributed by atoms with Gasteiger partial charge in [-0.3, -0.25) is 4.79 Å². The molecule has 7 heteroatoms. The summed E-state index contributed by atoms with van der Waals surface area (Å²) in [6, 6.07) is 5.19. The number of ether oxygens (including phenoxy) is 1. The second kappa shape index (κ2) is 9.65. The fourth-order valence-corrected chi connectivity index (χ4v) is 2.88. The minimum atomic E-state index is -3.66. The van der Waals surface area contributed by atoms with E-state index in [1.807, 2.05) is 24.8 Å². The predicted molar refractivity (Wildman–Crippen MR) is 98.3 cm³/mol. The molecule has 1 rings (SSSR count). The molecule has 0 aliphatic carbocycles. The average molecular weight is 371 g/mol. The number of unbranched alkanes of at least 4 members (excludes halogenated alkanes) is 1. The number of methoxy groups -OCH3 is 1. The van der Waals surface area contributed by atoms with Crippen molar-refractivity contribution >= 4 is 16.0 Å². The Morgan fingerprint density at radius 2 is 1.92 bits per heavy atom. The lowest BCUT2D eigenvalue weighted by atomic mass is 10.1. The van der Waals surface area contributed by atoms with Crippen LogP contribution in [-0.4, -0.2) is 38.6 Å². The van der Waals surface area contributed by atoms with E-state index in [0.717, 1.165) is 31.1 Å². The van der Waals surface area contributed by atoms with Crippen LogP contribution in [0.1, 0.15) is 52.0 Å². The lowest BCUT2D eigenvalue weighted by Crippen LogP contribution is -2.37. The first-order valence-electron chi connectivity index (χ1n) is 8.57. The molecule has 1 aromatic rings. The molecular weight excluding hydrogens is 342 g/mol. The molecule has 0 aromatic heterocycles. The highest BCUT2D eigenvalue weighted by Crippen LogP contribution is 2.30. The fraction of sp³-hybridized carbons (Fsp3) is 0.611. The Kier molecular flexibility index (Phi) is 8.22. The van der Waals surface area contributed by atoms with Gasteiger partial charge < -0.3 is 13.8 Å². The van der Waals surface area contributed by atoms with Crippen LogP contribution in [-0.2, 0) is 21.5 Å². The lowest BCUT2D eigenvalue weighted by Gasteiger charge is -2.29. The van der Waals surface area contributed by atoms with Gasteiger partial charge in [0, 0.05) is 19.0 Å². The molecule has 0 N–H and O–H groups in total. The van der Waals surface area contributed by atoms with Crippen molar-refractivity contribution in [2.75, 3.05) is 13.4 Å². The maximum absolute atomic E-state index is 12.5. The van der Waals surface area contributed by atoms with Gasteiger partial charge in [-0.25, -0.2) is 0 Å². The highest BCUT2D eigenvalue weighted by molar-refractivity contribution is 7.86. The molecule has 0 saturated heterocycles. The monoisotopic (exact) mass is 371 g/mol. The number of nitrogens with zero attached hydrogens (tertiary/aromatic N) is 1. The van der Waals surface area contributed by atoms with E-state index in [0.29, 0.717) is 18.7 Å². The first-order chi connectivity index (χ1) is 11.7. The van der Waals surface area contributed by atoms with Crippen LogP contribution in [0, 0.1) is 0 Å². The van der Waals surface area contributed by atoms with Gasteiger partial charge in [0.25, 0.3) is 0 Å². The van der Waals surface area contributed by atoms with E-state index < -0.39 is 10.1 Å². The molecule has 0 saturated carbocycles. The van der Waals surface area contributed by atoms with Crippen LogP contribution in [0.15, 0.2) is 18.2 Å². The van der Waals surface area contributed by atoms with Crippen molar-refractivity contribution in [3.63, 3.8) is 0 Å². The summed E-state index contributed by atoms with van der Waals surface area (Å²) < 4.78 is 33.0. The van der Waals surface area contributed by atoms with Crippen molar-refractivity contribution in [1.29, 1.82) is 0 Å². The molecule has 6 nitrogen and oxygen atoms in total. The Bertz CT molecular complexity index is 672. The Hall–Kier alpha value is -1.76. The summed E-state index contributed by atoms with van der Waals surface area (Å²) in [6.45, 7) is 6.51. The smallest absolute Gasteiger partial charge is 0.306 e. The van der Waals surface area contributed by atoms with Crippen molar-refractivity contribution < 1.29 is 22.1 Å². The third-order valence-corrected chi connectivity index (χ3v) is 4.49. The molecule has 1 atom stereocenters. The molecule has 0 bridgehead atoms. The number of rotatable bonds is 10. The van der Waals surface area contributed by atoms with E-state index in [4.69, 9.17) is 8.92 Å². The molecule has 142 valence electrons. The minimum absolute atomic E-state index is 0.103. The molecule has 1 aromatic carbocycles. The van der Waals surface area contributed by atoms with Crippen molar-refractivity contribution in [2.24, 2.45) is 0 Å². The summed E-state index contributed by atoms with van der Waals surface area (Å²) in [4.78, 5) is 14.4. The Morgan fingerprint density at radius 3 is 2.44 bits per heavy atom. The van der Waals surface area contributed by atoms with Crippen molar-refractivity contribution in [3.8, 4) is 11.5 Å². The summed E-state index contributed by atoms with van der Waals surface area (Å²) in [7, 11) is -2.22. The van der Waals surface area contributed by atoms with Crippen LogP contribution >= 0.6 is 0 Å². The number of hydrogen-bond acceptors (Lipinski definition) is 5. The summed E-state index contributed by atoms with van der Waals surface area (Å²) in [5.74, 6) is 0.576. The zero-order chi connectivity index (χ0) is 19.0. The second-order valence-electron chi connectivity index (χ2n) is 6.16.